The second-order valence-corrected chi connectivity index (χ2v) is 8.48. The van der Waals surface area contributed by atoms with Crippen molar-refractivity contribution in [1.82, 2.24) is 9.29 Å². The Morgan fingerprint density at radius 3 is 2.62 bits per heavy atom. The third-order valence-corrected chi connectivity index (χ3v) is 6.56. The predicted molar refractivity (Wildman–Crippen MR) is 100 cm³/mol. The van der Waals surface area contributed by atoms with Crippen LogP contribution in [0.15, 0.2) is 58.0 Å². The van der Waals surface area contributed by atoms with Crippen molar-refractivity contribution in [1.29, 1.82) is 0 Å². The topological polar surface area (TPSA) is 75.4 Å². The molecule has 1 unspecified atom stereocenters. The van der Waals surface area contributed by atoms with Crippen molar-refractivity contribution in [2.45, 2.75) is 30.7 Å². The molecule has 3 heterocycles. The van der Waals surface area contributed by atoms with E-state index in [9.17, 15) is 8.42 Å². The van der Waals surface area contributed by atoms with E-state index in [-0.39, 0.29) is 10.9 Å². The molecule has 0 bridgehead atoms. The van der Waals surface area contributed by atoms with E-state index in [0.717, 1.165) is 29.6 Å². The number of furan rings is 1. The fourth-order valence-electron chi connectivity index (χ4n) is 3.20. The molecular weight excluding hydrogens is 350 g/mol. The number of rotatable bonds is 5. The summed E-state index contributed by atoms with van der Waals surface area (Å²) < 4.78 is 32.5. The Bertz CT molecular complexity index is 973. The van der Waals surface area contributed by atoms with Gasteiger partial charge in [0.2, 0.25) is 10.0 Å². The van der Waals surface area contributed by atoms with E-state index >= 15 is 0 Å². The van der Waals surface area contributed by atoms with Gasteiger partial charge in [0.05, 0.1) is 6.04 Å². The molecule has 6 nitrogen and oxygen atoms in total. The molecule has 1 N–H and O–H groups in total. The van der Waals surface area contributed by atoms with Crippen LogP contribution < -0.4 is 5.32 Å². The summed E-state index contributed by atoms with van der Waals surface area (Å²) in [6, 6.07) is 13.1. The summed E-state index contributed by atoms with van der Waals surface area (Å²) in [5.74, 6) is 1.42. The van der Waals surface area contributed by atoms with Crippen LogP contribution in [0.1, 0.15) is 31.6 Å². The first-order valence-electron chi connectivity index (χ1n) is 8.75. The number of fused-ring (bicyclic) bond motifs is 1. The SMILES string of the molecule is CC(Nc1ccc(S(=O)(=O)N2CCCC2)cn1)c1cc2ccccc2o1. The number of nitrogens with one attached hydrogen (secondary N) is 1. The minimum atomic E-state index is -3.43. The molecular formula is C19H21N3O3S. The monoisotopic (exact) mass is 371 g/mol. The Balaban J connectivity index is 1.50. The molecule has 0 spiro atoms. The van der Waals surface area contributed by atoms with Gasteiger partial charge in [-0.2, -0.15) is 4.31 Å². The zero-order valence-corrected chi connectivity index (χ0v) is 15.4. The van der Waals surface area contributed by atoms with Gasteiger partial charge in [-0.1, -0.05) is 18.2 Å². The summed E-state index contributed by atoms with van der Waals surface area (Å²) in [7, 11) is -3.43. The number of aromatic nitrogens is 1. The molecule has 136 valence electrons. The van der Waals surface area contributed by atoms with Crippen LogP contribution in [-0.2, 0) is 10.0 Å². The summed E-state index contributed by atoms with van der Waals surface area (Å²) in [4.78, 5) is 4.51. The number of nitrogens with zero attached hydrogens (tertiary/aromatic N) is 2. The molecule has 26 heavy (non-hydrogen) atoms. The molecule has 1 atom stereocenters. The number of hydrogen-bond acceptors (Lipinski definition) is 5. The molecule has 7 heteroatoms. The smallest absolute Gasteiger partial charge is 0.244 e. The third-order valence-electron chi connectivity index (χ3n) is 4.67. The molecule has 1 saturated heterocycles. The van der Waals surface area contributed by atoms with Gasteiger partial charge in [-0.25, -0.2) is 13.4 Å². The maximum absolute atomic E-state index is 12.5. The van der Waals surface area contributed by atoms with Crippen LogP contribution in [0, 0.1) is 0 Å². The summed E-state index contributed by atoms with van der Waals surface area (Å²) in [6.45, 7) is 3.16. The van der Waals surface area contributed by atoms with Crippen molar-refractivity contribution < 1.29 is 12.8 Å². The number of pyridine rings is 1. The van der Waals surface area contributed by atoms with Gasteiger partial charge in [0.25, 0.3) is 0 Å². The lowest BCUT2D eigenvalue weighted by Gasteiger charge is -2.16. The van der Waals surface area contributed by atoms with Crippen LogP contribution in [0.25, 0.3) is 11.0 Å². The van der Waals surface area contributed by atoms with Crippen molar-refractivity contribution in [3.8, 4) is 0 Å². The molecule has 2 aromatic heterocycles. The van der Waals surface area contributed by atoms with Crippen molar-refractivity contribution in [2.24, 2.45) is 0 Å². The Kier molecular flexibility index (Phi) is 4.42. The van der Waals surface area contributed by atoms with Gasteiger partial charge in [0.15, 0.2) is 0 Å². The largest absolute Gasteiger partial charge is 0.459 e. The maximum atomic E-state index is 12.5. The number of anilines is 1. The molecule has 1 aliphatic rings. The Labute approximate surface area is 152 Å². The zero-order valence-electron chi connectivity index (χ0n) is 14.6. The highest BCUT2D eigenvalue weighted by Crippen LogP contribution is 2.26. The zero-order chi connectivity index (χ0) is 18.1. The van der Waals surface area contributed by atoms with Crippen LogP contribution in [0.2, 0.25) is 0 Å². The minimum absolute atomic E-state index is 0.0871. The van der Waals surface area contributed by atoms with E-state index < -0.39 is 10.0 Å². The maximum Gasteiger partial charge on any atom is 0.244 e. The summed E-state index contributed by atoms with van der Waals surface area (Å²) >= 11 is 0. The van der Waals surface area contributed by atoms with Crippen LogP contribution in [0.3, 0.4) is 0 Å². The second kappa shape index (κ2) is 6.74. The highest BCUT2D eigenvalue weighted by molar-refractivity contribution is 7.89. The van der Waals surface area contributed by atoms with Crippen LogP contribution in [-0.4, -0.2) is 30.8 Å². The Hall–Kier alpha value is -2.38. The molecule has 4 rings (SSSR count). The van der Waals surface area contributed by atoms with Gasteiger partial charge >= 0.3 is 0 Å². The molecule has 3 aromatic rings. The molecule has 1 aliphatic heterocycles. The highest BCUT2D eigenvalue weighted by atomic mass is 32.2. The predicted octanol–water partition coefficient (Wildman–Crippen LogP) is 3.79. The second-order valence-electron chi connectivity index (χ2n) is 6.54. The molecule has 1 aromatic carbocycles. The average molecular weight is 371 g/mol. The van der Waals surface area contributed by atoms with Crippen molar-refractivity contribution in [2.75, 3.05) is 18.4 Å². The Morgan fingerprint density at radius 2 is 1.92 bits per heavy atom. The van der Waals surface area contributed by atoms with Crippen molar-refractivity contribution in [3.05, 3.63) is 54.4 Å². The number of hydrogen-bond donors (Lipinski definition) is 1. The average Bonchev–Trinajstić information content (AvgIpc) is 3.32. The Morgan fingerprint density at radius 1 is 1.15 bits per heavy atom. The van der Waals surface area contributed by atoms with Crippen LogP contribution in [0.4, 0.5) is 5.82 Å². The fraction of sp³-hybridized carbons (Fsp3) is 0.316. The molecule has 0 saturated carbocycles. The first kappa shape index (κ1) is 17.1. The molecule has 1 fully saturated rings. The first-order valence-corrected chi connectivity index (χ1v) is 10.2. The van der Waals surface area contributed by atoms with E-state index in [4.69, 9.17) is 4.42 Å². The van der Waals surface area contributed by atoms with Gasteiger partial charge in [-0.3, -0.25) is 0 Å². The molecule has 0 aliphatic carbocycles. The lowest BCUT2D eigenvalue weighted by molar-refractivity contribution is 0.477. The standard InChI is InChI=1S/C19H21N3O3S/c1-14(18-12-15-6-2-3-7-17(15)25-18)21-19-9-8-16(13-20-19)26(23,24)22-10-4-5-11-22/h2-3,6-9,12-14H,4-5,10-11H2,1H3,(H,20,21). The lowest BCUT2D eigenvalue weighted by Crippen LogP contribution is -2.27. The van der Waals surface area contributed by atoms with E-state index in [2.05, 4.69) is 10.3 Å². The first-order chi connectivity index (χ1) is 12.5. The minimum Gasteiger partial charge on any atom is -0.459 e. The van der Waals surface area contributed by atoms with Gasteiger partial charge in [-0.15, -0.1) is 0 Å². The van der Waals surface area contributed by atoms with Gasteiger partial charge < -0.3 is 9.73 Å². The van der Waals surface area contributed by atoms with Gasteiger partial charge in [0, 0.05) is 24.7 Å². The highest BCUT2D eigenvalue weighted by Gasteiger charge is 2.27. The van der Waals surface area contributed by atoms with Gasteiger partial charge in [-0.05, 0) is 44.0 Å². The van der Waals surface area contributed by atoms with E-state index in [0.29, 0.717) is 18.9 Å². The fourth-order valence-corrected chi connectivity index (χ4v) is 4.67. The van der Waals surface area contributed by atoms with E-state index in [1.807, 2.05) is 37.3 Å². The normalized spacial score (nSPS) is 16.8. The van der Waals surface area contributed by atoms with Crippen molar-refractivity contribution in [3.63, 3.8) is 0 Å². The van der Waals surface area contributed by atoms with Crippen LogP contribution in [0.5, 0.6) is 0 Å². The molecule has 0 radical (unpaired) electrons. The quantitative estimate of drug-likeness (QED) is 0.739. The third kappa shape index (κ3) is 3.20. The summed E-state index contributed by atoms with van der Waals surface area (Å²) in [5.41, 5.74) is 0.844. The van der Waals surface area contributed by atoms with Gasteiger partial charge in [0.1, 0.15) is 22.1 Å². The molecule has 0 amide bonds. The van der Waals surface area contributed by atoms with Crippen LogP contribution >= 0.6 is 0 Å². The van der Waals surface area contributed by atoms with Crippen molar-refractivity contribution >= 4 is 26.8 Å². The summed E-state index contributed by atoms with van der Waals surface area (Å²) in [6.07, 6.45) is 3.25. The lowest BCUT2D eigenvalue weighted by atomic mass is 10.2. The summed E-state index contributed by atoms with van der Waals surface area (Å²) in [5, 5.41) is 4.31. The van der Waals surface area contributed by atoms with E-state index in [1.54, 1.807) is 12.1 Å². The number of para-hydroxylation sites is 1. The van der Waals surface area contributed by atoms with E-state index in [1.165, 1.54) is 10.5 Å². The number of benzene rings is 1. The number of sulfonamides is 1.